The zero-order chi connectivity index (χ0) is 15.0. The van der Waals surface area contributed by atoms with Crippen LogP contribution in [0.15, 0.2) is 0 Å². The Kier molecular flexibility index (Phi) is 2.66. The summed E-state index contributed by atoms with van der Waals surface area (Å²) >= 11 is 0. The van der Waals surface area contributed by atoms with Gasteiger partial charge in [0.15, 0.2) is 5.60 Å². The van der Waals surface area contributed by atoms with E-state index in [1.807, 2.05) is 20.8 Å². The van der Waals surface area contributed by atoms with Gasteiger partial charge < -0.3 is 9.47 Å². The smallest absolute Gasteiger partial charge is 0.311 e. The molecule has 4 heterocycles. The van der Waals surface area contributed by atoms with Crippen molar-refractivity contribution in [2.75, 3.05) is 0 Å². The number of fused-ring (bicyclic) bond motifs is 2. The number of hydrogen-bond acceptors (Lipinski definition) is 5. The number of carbonyl (C=O) groups excluding carboxylic acids is 1. The average Bonchev–Trinajstić information content (AvgIpc) is 2.61. The molecule has 1 saturated carbocycles. The molecule has 5 rings (SSSR count). The number of ether oxygens (including phenoxy) is 2. The van der Waals surface area contributed by atoms with Gasteiger partial charge >= 0.3 is 5.97 Å². The first-order valence-electron chi connectivity index (χ1n) is 8.11. The normalized spacial score (nSPS) is 59.1. The van der Waals surface area contributed by atoms with Crippen LogP contribution in [0.5, 0.6) is 0 Å². The first-order valence-corrected chi connectivity index (χ1v) is 8.11. The van der Waals surface area contributed by atoms with Gasteiger partial charge in [-0.15, -0.1) is 0 Å². The maximum Gasteiger partial charge on any atom is 0.311 e. The van der Waals surface area contributed by atoms with Crippen molar-refractivity contribution in [1.82, 2.24) is 0 Å². The lowest BCUT2D eigenvalue weighted by Gasteiger charge is -2.62. The molecular formula is C16H24O5. The van der Waals surface area contributed by atoms with Gasteiger partial charge in [-0.25, -0.2) is 9.78 Å². The monoisotopic (exact) mass is 296 g/mol. The third-order valence-corrected chi connectivity index (χ3v) is 6.38. The first kappa shape index (κ1) is 14.0. The van der Waals surface area contributed by atoms with E-state index in [1.165, 1.54) is 0 Å². The highest BCUT2D eigenvalue weighted by Gasteiger charge is 2.75. The van der Waals surface area contributed by atoms with Crippen molar-refractivity contribution in [3.63, 3.8) is 0 Å². The van der Waals surface area contributed by atoms with E-state index in [2.05, 4.69) is 6.92 Å². The van der Waals surface area contributed by atoms with E-state index in [-0.39, 0.29) is 17.8 Å². The van der Waals surface area contributed by atoms with E-state index in [1.54, 1.807) is 0 Å². The third kappa shape index (κ3) is 1.55. The van der Waals surface area contributed by atoms with Crippen LogP contribution in [0.1, 0.15) is 53.4 Å². The van der Waals surface area contributed by atoms with Crippen LogP contribution in [-0.4, -0.2) is 23.1 Å². The Labute approximate surface area is 125 Å². The molecule has 1 spiro atoms. The fraction of sp³-hybridized carbons (Fsp3) is 0.938. The largest absolute Gasteiger partial charge is 0.430 e. The maximum absolute atomic E-state index is 12.3. The van der Waals surface area contributed by atoms with Crippen molar-refractivity contribution in [2.24, 2.45) is 23.7 Å². The highest BCUT2D eigenvalue weighted by Crippen LogP contribution is 2.63. The van der Waals surface area contributed by atoms with Crippen molar-refractivity contribution in [3.8, 4) is 0 Å². The van der Waals surface area contributed by atoms with Gasteiger partial charge in [-0.1, -0.05) is 13.8 Å². The van der Waals surface area contributed by atoms with E-state index < -0.39 is 17.2 Å². The predicted molar refractivity (Wildman–Crippen MR) is 72.7 cm³/mol. The quantitative estimate of drug-likeness (QED) is 0.508. The molecule has 118 valence electrons. The van der Waals surface area contributed by atoms with Crippen LogP contribution in [0.4, 0.5) is 0 Å². The van der Waals surface area contributed by atoms with Gasteiger partial charge in [0.05, 0.1) is 5.92 Å². The van der Waals surface area contributed by atoms with Crippen LogP contribution in [0.3, 0.4) is 0 Å². The van der Waals surface area contributed by atoms with Gasteiger partial charge in [0, 0.05) is 25.2 Å². The fourth-order valence-electron chi connectivity index (χ4n) is 5.27. The average molecular weight is 296 g/mol. The molecule has 2 unspecified atom stereocenters. The Morgan fingerprint density at radius 3 is 2.57 bits per heavy atom. The second-order valence-electron chi connectivity index (χ2n) is 7.66. The molecule has 4 aliphatic heterocycles. The highest BCUT2D eigenvalue weighted by molar-refractivity contribution is 5.74. The van der Waals surface area contributed by atoms with Crippen molar-refractivity contribution in [3.05, 3.63) is 0 Å². The molecule has 0 aromatic rings. The SMILES string of the molecule is C[C@@H]1CCC2[C@@H](C)C(=O)O[C@]3(C)O[C@]4(C)CC[C@@H]1C23OO4. The molecule has 0 radical (unpaired) electrons. The lowest BCUT2D eigenvalue weighted by Crippen LogP contribution is -2.75. The Hall–Kier alpha value is -0.650. The summed E-state index contributed by atoms with van der Waals surface area (Å²) in [7, 11) is 0. The summed E-state index contributed by atoms with van der Waals surface area (Å²) in [4.78, 5) is 24.0. The van der Waals surface area contributed by atoms with E-state index in [0.717, 1.165) is 25.7 Å². The second-order valence-corrected chi connectivity index (χ2v) is 7.66. The summed E-state index contributed by atoms with van der Waals surface area (Å²) in [6.45, 7) is 7.94. The van der Waals surface area contributed by atoms with Gasteiger partial charge in [-0.3, -0.25) is 4.79 Å². The second kappa shape index (κ2) is 4.00. The molecular weight excluding hydrogens is 272 g/mol. The van der Waals surface area contributed by atoms with Crippen LogP contribution < -0.4 is 0 Å². The Bertz CT molecular complexity index is 493. The fourth-order valence-corrected chi connectivity index (χ4v) is 5.27. The lowest BCUT2D eigenvalue weighted by atomic mass is 9.56. The summed E-state index contributed by atoms with van der Waals surface area (Å²) in [5.74, 6) is -1.35. The maximum atomic E-state index is 12.3. The molecule has 2 bridgehead atoms. The number of hydrogen-bond donors (Lipinski definition) is 0. The molecule has 5 fully saturated rings. The minimum atomic E-state index is -1.05. The summed E-state index contributed by atoms with van der Waals surface area (Å²) in [5.41, 5.74) is -0.673. The Balaban J connectivity index is 1.90. The first-order chi connectivity index (χ1) is 9.81. The van der Waals surface area contributed by atoms with Crippen molar-refractivity contribution >= 4 is 5.97 Å². The highest BCUT2D eigenvalue weighted by atomic mass is 17.3. The summed E-state index contributed by atoms with van der Waals surface area (Å²) in [5, 5.41) is 0. The molecule has 0 aromatic heterocycles. The van der Waals surface area contributed by atoms with Crippen molar-refractivity contribution in [1.29, 1.82) is 0 Å². The zero-order valence-corrected chi connectivity index (χ0v) is 13.2. The molecule has 0 amide bonds. The van der Waals surface area contributed by atoms with Crippen LogP contribution in [0.25, 0.3) is 0 Å². The van der Waals surface area contributed by atoms with Crippen LogP contribution in [-0.2, 0) is 24.0 Å². The lowest BCUT2D eigenvalue weighted by molar-refractivity contribution is -0.584. The number of esters is 1. The molecule has 4 saturated heterocycles. The molecule has 0 aromatic carbocycles. The van der Waals surface area contributed by atoms with Crippen molar-refractivity contribution in [2.45, 2.75) is 70.6 Å². The minimum absolute atomic E-state index is 0.0904. The molecule has 1 aliphatic carbocycles. The van der Waals surface area contributed by atoms with E-state index >= 15 is 0 Å². The van der Waals surface area contributed by atoms with E-state index in [0.29, 0.717) is 11.8 Å². The van der Waals surface area contributed by atoms with Crippen LogP contribution in [0.2, 0.25) is 0 Å². The number of rotatable bonds is 0. The van der Waals surface area contributed by atoms with Gasteiger partial charge in [-0.05, 0) is 32.1 Å². The standard InChI is InChI=1S/C16H24O5/c1-9-5-6-12-10(2)13(17)18-15(4)16(12)11(9)7-8-14(3,19-15)20-21-16/h9-12H,5-8H2,1-4H3/t9-,10-,11+,12?,14+,15-,16?/m1/s1. The van der Waals surface area contributed by atoms with Gasteiger partial charge in [-0.2, -0.15) is 0 Å². The third-order valence-electron chi connectivity index (χ3n) is 6.38. The van der Waals surface area contributed by atoms with Crippen LogP contribution in [0, 0.1) is 23.7 Å². The molecule has 7 atom stereocenters. The van der Waals surface area contributed by atoms with Gasteiger partial charge in [0.1, 0.15) is 0 Å². The molecule has 5 aliphatic rings. The summed E-state index contributed by atoms with van der Waals surface area (Å²) < 4.78 is 12.0. The van der Waals surface area contributed by atoms with Gasteiger partial charge in [0.25, 0.3) is 0 Å². The van der Waals surface area contributed by atoms with Crippen molar-refractivity contribution < 1.29 is 24.0 Å². The van der Waals surface area contributed by atoms with Gasteiger partial charge in [0.2, 0.25) is 11.6 Å². The molecule has 5 heteroatoms. The zero-order valence-electron chi connectivity index (χ0n) is 13.2. The minimum Gasteiger partial charge on any atom is -0.430 e. The predicted octanol–water partition coefficient (Wildman–Crippen LogP) is 2.79. The topological polar surface area (TPSA) is 54.0 Å². The Morgan fingerprint density at radius 2 is 1.81 bits per heavy atom. The van der Waals surface area contributed by atoms with Crippen LogP contribution >= 0.6 is 0 Å². The summed E-state index contributed by atoms with van der Waals surface area (Å²) in [6.07, 6.45) is 3.81. The van der Waals surface area contributed by atoms with E-state index in [9.17, 15) is 4.79 Å². The van der Waals surface area contributed by atoms with E-state index in [4.69, 9.17) is 19.2 Å². The molecule has 0 N–H and O–H groups in total. The summed E-state index contributed by atoms with van der Waals surface area (Å²) in [6, 6.07) is 0. The number of carbonyl (C=O) groups is 1. The Morgan fingerprint density at radius 1 is 1.05 bits per heavy atom. The molecule has 21 heavy (non-hydrogen) atoms. The molecule has 5 nitrogen and oxygen atoms in total.